The van der Waals surface area contributed by atoms with Gasteiger partial charge in [0.15, 0.2) is 0 Å². The first kappa shape index (κ1) is 19.0. The smallest absolute Gasteiger partial charge is 0.303 e. The first-order valence-corrected chi connectivity index (χ1v) is 9.31. The SMILES string of the molecule is COc1ccc(S(=O)(=O)NC(CCC(=O)O)Cc2ccccc2)cc1. The molecule has 0 saturated carbocycles. The van der Waals surface area contributed by atoms with Crippen LogP contribution in [0.3, 0.4) is 0 Å². The summed E-state index contributed by atoms with van der Waals surface area (Å²) >= 11 is 0. The number of carboxylic acids is 1. The van der Waals surface area contributed by atoms with Crippen molar-refractivity contribution in [3.8, 4) is 5.75 Å². The van der Waals surface area contributed by atoms with Crippen LogP contribution in [0.5, 0.6) is 5.75 Å². The van der Waals surface area contributed by atoms with Crippen molar-refractivity contribution in [2.45, 2.75) is 30.2 Å². The van der Waals surface area contributed by atoms with Gasteiger partial charge in [0, 0.05) is 12.5 Å². The Kier molecular flexibility index (Phi) is 6.55. The number of sulfonamides is 1. The fourth-order valence-corrected chi connectivity index (χ4v) is 3.71. The van der Waals surface area contributed by atoms with Crippen LogP contribution in [0.15, 0.2) is 59.5 Å². The van der Waals surface area contributed by atoms with E-state index in [0.717, 1.165) is 5.56 Å². The zero-order valence-corrected chi connectivity index (χ0v) is 14.7. The number of aliphatic carboxylic acids is 1. The Balaban J connectivity index is 2.16. The number of hydrogen-bond donors (Lipinski definition) is 2. The molecule has 0 aliphatic heterocycles. The molecular formula is C18H21NO5S. The molecule has 6 nitrogen and oxygen atoms in total. The average molecular weight is 363 g/mol. The molecule has 2 aromatic carbocycles. The van der Waals surface area contributed by atoms with Crippen molar-refractivity contribution in [1.82, 2.24) is 4.72 Å². The lowest BCUT2D eigenvalue weighted by Gasteiger charge is -2.18. The van der Waals surface area contributed by atoms with E-state index in [2.05, 4.69) is 4.72 Å². The summed E-state index contributed by atoms with van der Waals surface area (Å²) in [6, 6.07) is 14.9. The molecule has 25 heavy (non-hydrogen) atoms. The molecule has 2 N–H and O–H groups in total. The summed E-state index contributed by atoms with van der Waals surface area (Å²) in [5, 5.41) is 8.91. The van der Waals surface area contributed by atoms with Crippen LogP contribution in [-0.2, 0) is 21.2 Å². The number of hydrogen-bond acceptors (Lipinski definition) is 4. The number of rotatable bonds is 9. The van der Waals surface area contributed by atoms with Gasteiger partial charge in [0.25, 0.3) is 0 Å². The second-order valence-corrected chi connectivity index (χ2v) is 7.33. The molecule has 0 spiro atoms. The number of methoxy groups -OCH3 is 1. The minimum absolute atomic E-state index is 0.108. The van der Waals surface area contributed by atoms with Gasteiger partial charge in [-0.05, 0) is 42.7 Å². The third-order valence-electron chi connectivity index (χ3n) is 3.72. The summed E-state index contributed by atoms with van der Waals surface area (Å²) < 4.78 is 32.8. The fraction of sp³-hybridized carbons (Fsp3) is 0.278. The van der Waals surface area contributed by atoms with Crippen molar-refractivity contribution < 1.29 is 23.1 Å². The maximum atomic E-state index is 12.6. The number of benzene rings is 2. The molecule has 0 radical (unpaired) electrons. The van der Waals surface area contributed by atoms with Crippen molar-refractivity contribution in [2.24, 2.45) is 0 Å². The quantitative estimate of drug-likeness (QED) is 0.714. The Labute approximate surface area is 147 Å². The van der Waals surface area contributed by atoms with Crippen molar-refractivity contribution in [2.75, 3.05) is 7.11 Å². The number of nitrogens with one attached hydrogen (secondary N) is 1. The van der Waals surface area contributed by atoms with Crippen molar-refractivity contribution in [3.63, 3.8) is 0 Å². The molecule has 0 amide bonds. The van der Waals surface area contributed by atoms with Gasteiger partial charge in [-0.1, -0.05) is 30.3 Å². The van der Waals surface area contributed by atoms with E-state index >= 15 is 0 Å². The van der Waals surface area contributed by atoms with E-state index in [1.165, 1.54) is 19.2 Å². The molecule has 7 heteroatoms. The van der Waals surface area contributed by atoms with Gasteiger partial charge >= 0.3 is 5.97 Å². The molecule has 1 atom stereocenters. The van der Waals surface area contributed by atoms with E-state index in [1.807, 2.05) is 30.3 Å². The van der Waals surface area contributed by atoms with Crippen LogP contribution in [0, 0.1) is 0 Å². The third-order valence-corrected chi connectivity index (χ3v) is 5.26. The van der Waals surface area contributed by atoms with Crippen molar-refractivity contribution >= 4 is 16.0 Å². The van der Waals surface area contributed by atoms with Crippen LogP contribution in [-0.4, -0.2) is 32.6 Å². The predicted molar refractivity (Wildman–Crippen MR) is 94.1 cm³/mol. The van der Waals surface area contributed by atoms with E-state index in [0.29, 0.717) is 12.2 Å². The highest BCUT2D eigenvalue weighted by Crippen LogP contribution is 2.17. The van der Waals surface area contributed by atoms with Crippen LogP contribution in [0.25, 0.3) is 0 Å². The van der Waals surface area contributed by atoms with Crippen LogP contribution >= 0.6 is 0 Å². The summed E-state index contributed by atoms with van der Waals surface area (Å²) in [6.45, 7) is 0. The van der Waals surface area contributed by atoms with Gasteiger partial charge in [0.05, 0.1) is 12.0 Å². The monoisotopic (exact) mass is 363 g/mol. The van der Waals surface area contributed by atoms with Crippen LogP contribution in [0.4, 0.5) is 0 Å². The van der Waals surface area contributed by atoms with Gasteiger partial charge in [0.1, 0.15) is 5.75 Å². The second-order valence-electron chi connectivity index (χ2n) is 5.62. The standard InChI is InChI=1S/C18H21NO5S/c1-24-16-8-10-17(11-9-16)25(22,23)19-15(7-12-18(20)21)13-14-5-3-2-4-6-14/h2-6,8-11,15,19H,7,12-13H2,1H3,(H,20,21). The van der Waals surface area contributed by atoms with Gasteiger partial charge in [-0.25, -0.2) is 13.1 Å². The zero-order chi connectivity index (χ0) is 18.3. The lowest BCUT2D eigenvalue weighted by molar-refractivity contribution is -0.137. The van der Waals surface area contributed by atoms with Crippen LogP contribution < -0.4 is 9.46 Å². The highest BCUT2D eigenvalue weighted by atomic mass is 32.2. The Morgan fingerprint density at radius 1 is 1.12 bits per heavy atom. The summed E-state index contributed by atoms with van der Waals surface area (Å²) in [6.07, 6.45) is 0.520. The summed E-state index contributed by atoms with van der Waals surface area (Å²) in [4.78, 5) is 11.0. The van der Waals surface area contributed by atoms with Crippen LogP contribution in [0.1, 0.15) is 18.4 Å². The maximum absolute atomic E-state index is 12.6. The normalized spacial score (nSPS) is 12.5. The van der Waals surface area contributed by atoms with Gasteiger partial charge in [-0.2, -0.15) is 0 Å². The van der Waals surface area contributed by atoms with Gasteiger partial charge in [0.2, 0.25) is 10.0 Å². The zero-order valence-electron chi connectivity index (χ0n) is 13.9. The van der Waals surface area contributed by atoms with Gasteiger partial charge < -0.3 is 9.84 Å². The van der Waals surface area contributed by atoms with E-state index in [1.54, 1.807) is 12.1 Å². The lowest BCUT2D eigenvalue weighted by Crippen LogP contribution is -2.36. The largest absolute Gasteiger partial charge is 0.497 e. The van der Waals surface area contributed by atoms with Crippen molar-refractivity contribution in [1.29, 1.82) is 0 Å². The van der Waals surface area contributed by atoms with Gasteiger partial charge in [-0.3, -0.25) is 4.79 Å². The molecule has 0 fully saturated rings. The minimum atomic E-state index is -3.75. The molecule has 0 saturated heterocycles. The molecule has 0 heterocycles. The predicted octanol–water partition coefficient (Wildman–Crippen LogP) is 2.45. The molecule has 0 bridgehead atoms. The molecular weight excluding hydrogens is 342 g/mol. The second kappa shape index (κ2) is 8.64. The summed E-state index contributed by atoms with van der Waals surface area (Å²) in [5.74, 6) is -0.396. The molecule has 2 aromatic rings. The Bertz CT molecular complexity index is 788. The third kappa shape index (κ3) is 5.88. The lowest BCUT2D eigenvalue weighted by atomic mass is 10.0. The number of ether oxygens (including phenoxy) is 1. The Hall–Kier alpha value is -2.38. The van der Waals surface area contributed by atoms with Crippen molar-refractivity contribution in [3.05, 3.63) is 60.2 Å². The summed E-state index contributed by atoms with van der Waals surface area (Å²) in [5.41, 5.74) is 0.940. The number of carbonyl (C=O) groups is 1. The first-order valence-electron chi connectivity index (χ1n) is 7.83. The fourth-order valence-electron chi connectivity index (χ4n) is 2.44. The Morgan fingerprint density at radius 2 is 1.76 bits per heavy atom. The number of carboxylic acid groups (broad SMARTS) is 1. The minimum Gasteiger partial charge on any atom is -0.497 e. The molecule has 134 valence electrons. The van der Waals surface area contributed by atoms with E-state index in [4.69, 9.17) is 9.84 Å². The molecule has 2 rings (SSSR count). The maximum Gasteiger partial charge on any atom is 0.303 e. The molecule has 0 aromatic heterocycles. The highest BCUT2D eigenvalue weighted by Gasteiger charge is 2.21. The van der Waals surface area contributed by atoms with E-state index in [9.17, 15) is 13.2 Å². The van der Waals surface area contributed by atoms with Gasteiger partial charge in [-0.15, -0.1) is 0 Å². The van der Waals surface area contributed by atoms with E-state index < -0.39 is 22.0 Å². The highest BCUT2D eigenvalue weighted by molar-refractivity contribution is 7.89. The molecule has 1 unspecified atom stereocenters. The average Bonchev–Trinajstić information content (AvgIpc) is 2.60. The molecule has 0 aliphatic rings. The first-order chi connectivity index (χ1) is 11.9. The van der Waals surface area contributed by atoms with Crippen LogP contribution in [0.2, 0.25) is 0 Å². The van der Waals surface area contributed by atoms with E-state index in [-0.39, 0.29) is 17.7 Å². The Morgan fingerprint density at radius 3 is 2.32 bits per heavy atom. The summed E-state index contributed by atoms with van der Waals surface area (Å²) in [7, 11) is -2.25. The molecule has 0 aliphatic carbocycles. The topological polar surface area (TPSA) is 92.7 Å².